The van der Waals surface area contributed by atoms with Crippen molar-refractivity contribution in [1.82, 2.24) is 29.5 Å². The van der Waals surface area contributed by atoms with E-state index in [1.807, 2.05) is 0 Å². The van der Waals surface area contributed by atoms with Gasteiger partial charge in [-0.2, -0.15) is 13.2 Å². The Labute approximate surface area is 162 Å². The van der Waals surface area contributed by atoms with Gasteiger partial charge in [0.1, 0.15) is 11.5 Å². The number of aliphatic hydroxyl groups excluding tert-OH is 1. The Morgan fingerprint density at radius 3 is 2.55 bits per heavy atom. The maximum atomic E-state index is 14.0. The summed E-state index contributed by atoms with van der Waals surface area (Å²) in [6.07, 6.45) is 0.0819. The molecule has 0 amide bonds. The normalized spacial score (nSPS) is 11.4. The summed E-state index contributed by atoms with van der Waals surface area (Å²) < 4.78 is 53.7. The van der Waals surface area contributed by atoms with Gasteiger partial charge in [-0.05, 0) is 18.6 Å². The van der Waals surface area contributed by atoms with Crippen molar-refractivity contribution in [3.8, 4) is 11.5 Å². The quantitative estimate of drug-likeness (QED) is 0.508. The summed E-state index contributed by atoms with van der Waals surface area (Å²) in [6, 6.07) is 6.20. The molecule has 7 nitrogen and oxygen atoms in total. The fourth-order valence-electron chi connectivity index (χ4n) is 2.55. The number of H-pyrrole nitrogens is 1. The molecule has 0 spiro atoms. The molecule has 0 fully saturated rings. The van der Waals surface area contributed by atoms with Gasteiger partial charge in [-0.3, -0.25) is 5.10 Å². The van der Waals surface area contributed by atoms with Gasteiger partial charge in [-0.25, -0.2) is 19.3 Å². The minimum absolute atomic E-state index is 0.126. The van der Waals surface area contributed by atoms with E-state index in [9.17, 15) is 17.6 Å². The van der Waals surface area contributed by atoms with Gasteiger partial charge in [0.15, 0.2) is 11.5 Å². The van der Waals surface area contributed by atoms with E-state index in [4.69, 9.17) is 5.11 Å². The monoisotopic (exact) mass is 408 g/mol. The summed E-state index contributed by atoms with van der Waals surface area (Å²) in [6.45, 7) is 1.93. The SMILES string of the molecule is CCO.Fc1ccccc1Cc1nc(-c2nc(C(F)(F)F)n[nH]2)cn2ccnc12. The number of aromatic amines is 1. The first-order valence-electron chi connectivity index (χ1n) is 8.50. The molecule has 2 N–H and O–H groups in total. The van der Waals surface area contributed by atoms with Gasteiger partial charge in [0.05, 0.1) is 5.69 Å². The number of aromatic nitrogens is 6. The van der Waals surface area contributed by atoms with Crippen molar-refractivity contribution in [1.29, 1.82) is 0 Å². The highest BCUT2D eigenvalue weighted by molar-refractivity contribution is 5.55. The van der Waals surface area contributed by atoms with Crippen molar-refractivity contribution in [2.45, 2.75) is 19.5 Å². The third-order valence-corrected chi connectivity index (χ3v) is 3.74. The number of benzene rings is 1. The lowest BCUT2D eigenvalue weighted by Crippen LogP contribution is -2.07. The molecular weight excluding hydrogens is 392 g/mol. The fourth-order valence-corrected chi connectivity index (χ4v) is 2.55. The van der Waals surface area contributed by atoms with Gasteiger partial charge in [0, 0.05) is 31.6 Å². The van der Waals surface area contributed by atoms with Crippen LogP contribution in [0.25, 0.3) is 17.2 Å². The van der Waals surface area contributed by atoms with Gasteiger partial charge in [0.2, 0.25) is 0 Å². The Kier molecular flexibility index (Phi) is 5.87. The summed E-state index contributed by atoms with van der Waals surface area (Å²) in [7, 11) is 0. The molecule has 11 heteroatoms. The van der Waals surface area contributed by atoms with E-state index >= 15 is 0 Å². The van der Waals surface area contributed by atoms with E-state index in [0.717, 1.165) is 0 Å². The number of nitrogens with one attached hydrogen (secondary N) is 1. The van der Waals surface area contributed by atoms with Crippen molar-refractivity contribution < 1.29 is 22.7 Å². The predicted molar refractivity (Wildman–Crippen MR) is 95.3 cm³/mol. The lowest BCUT2D eigenvalue weighted by Gasteiger charge is -2.07. The largest absolute Gasteiger partial charge is 0.453 e. The number of alkyl halides is 3. The number of halogens is 4. The molecule has 0 unspecified atom stereocenters. The summed E-state index contributed by atoms with van der Waals surface area (Å²) in [5.41, 5.74) is 1.43. The first-order valence-corrected chi connectivity index (χ1v) is 8.50. The van der Waals surface area contributed by atoms with Gasteiger partial charge < -0.3 is 9.51 Å². The van der Waals surface area contributed by atoms with Crippen LogP contribution in [0.4, 0.5) is 17.6 Å². The summed E-state index contributed by atoms with van der Waals surface area (Å²) in [5, 5.41) is 13.0. The number of hydrogen-bond acceptors (Lipinski definition) is 5. The molecule has 29 heavy (non-hydrogen) atoms. The fraction of sp³-hybridized carbons (Fsp3) is 0.222. The third kappa shape index (κ3) is 4.57. The Hall–Kier alpha value is -3.34. The van der Waals surface area contributed by atoms with Gasteiger partial charge in [-0.15, -0.1) is 5.10 Å². The second kappa shape index (κ2) is 8.35. The van der Waals surface area contributed by atoms with E-state index in [1.165, 1.54) is 18.5 Å². The molecule has 3 heterocycles. The van der Waals surface area contributed by atoms with Crippen LogP contribution in [0.2, 0.25) is 0 Å². The van der Waals surface area contributed by atoms with Crippen molar-refractivity contribution in [3.63, 3.8) is 0 Å². The molecular formula is C18H16F4N6O. The smallest absolute Gasteiger partial charge is 0.397 e. The molecule has 0 aliphatic heterocycles. The zero-order valence-electron chi connectivity index (χ0n) is 15.2. The minimum Gasteiger partial charge on any atom is -0.397 e. The molecule has 0 atom stereocenters. The summed E-state index contributed by atoms with van der Waals surface area (Å²) in [4.78, 5) is 11.9. The van der Waals surface area contributed by atoms with Crippen LogP contribution < -0.4 is 0 Å². The first kappa shape index (κ1) is 20.4. The van der Waals surface area contributed by atoms with Crippen LogP contribution in [0.15, 0.2) is 42.9 Å². The van der Waals surface area contributed by atoms with Crippen LogP contribution in [0.5, 0.6) is 0 Å². The van der Waals surface area contributed by atoms with Crippen molar-refractivity contribution in [2.24, 2.45) is 0 Å². The maximum Gasteiger partial charge on any atom is 0.453 e. The van der Waals surface area contributed by atoms with Gasteiger partial charge >= 0.3 is 6.18 Å². The first-order chi connectivity index (χ1) is 13.8. The predicted octanol–water partition coefficient (Wildman–Crippen LogP) is 3.26. The molecule has 152 valence electrons. The van der Waals surface area contributed by atoms with Crippen LogP contribution in [0.3, 0.4) is 0 Å². The van der Waals surface area contributed by atoms with E-state index in [1.54, 1.807) is 35.7 Å². The number of nitrogens with zero attached hydrogens (tertiary/aromatic N) is 5. The molecule has 1 aromatic carbocycles. The molecule has 3 aromatic heterocycles. The molecule has 0 aliphatic rings. The Morgan fingerprint density at radius 2 is 1.90 bits per heavy atom. The van der Waals surface area contributed by atoms with Crippen LogP contribution in [-0.4, -0.2) is 41.3 Å². The summed E-state index contributed by atoms with van der Waals surface area (Å²) >= 11 is 0. The number of hydrogen-bond donors (Lipinski definition) is 2. The number of aliphatic hydroxyl groups is 1. The average Bonchev–Trinajstić information content (AvgIpc) is 3.33. The standard InChI is InChI=1S/C16H10F4N6.C2H6O/c17-10-4-2-1-3-9(10)7-11-14-21-5-6-26(14)8-12(22-11)13-23-15(25-24-13)16(18,19)20;1-2-3/h1-6,8H,7H2,(H,23,24,25);3H,2H2,1H3. The Balaban J connectivity index is 0.000000755. The highest BCUT2D eigenvalue weighted by Gasteiger charge is 2.36. The second-order valence-electron chi connectivity index (χ2n) is 5.82. The Bertz CT molecular complexity index is 1110. The zero-order chi connectivity index (χ0) is 21.0. The number of rotatable bonds is 3. The van der Waals surface area contributed by atoms with E-state index in [0.29, 0.717) is 16.9 Å². The summed E-state index contributed by atoms with van der Waals surface area (Å²) in [5.74, 6) is -1.82. The molecule has 0 radical (unpaired) electrons. The highest BCUT2D eigenvalue weighted by Crippen LogP contribution is 2.27. The maximum absolute atomic E-state index is 14.0. The van der Waals surface area contributed by atoms with Crippen molar-refractivity contribution >= 4 is 5.65 Å². The molecule has 4 rings (SSSR count). The van der Waals surface area contributed by atoms with E-state index in [-0.39, 0.29) is 24.5 Å². The molecule has 0 bridgehead atoms. The van der Waals surface area contributed by atoms with Crippen LogP contribution in [0.1, 0.15) is 24.0 Å². The van der Waals surface area contributed by atoms with E-state index < -0.39 is 17.8 Å². The third-order valence-electron chi connectivity index (χ3n) is 3.74. The van der Waals surface area contributed by atoms with Gasteiger partial charge in [-0.1, -0.05) is 18.2 Å². The highest BCUT2D eigenvalue weighted by atomic mass is 19.4. The van der Waals surface area contributed by atoms with E-state index in [2.05, 4.69) is 25.1 Å². The molecule has 4 aromatic rings. The Morgan fingerprint density at radius 1 is 1.17 bits per heavy atom. The van der Waals surface area contributed by atoms with Crippen LogP contribution in [-0.2, 0) is 12.6 Å². The topological polar surface area (TPSA) is 92.0 Å². The molecule has 0 saturated carbocycles. The van der Waals surface area contributed by atoms with Crippen molar-refractivity contribution in [2.75, 3.05) is 6.61 Å². The number of fused-ring (bicyclic) bond motifs is 1. The molecule has 0 saturated heterocycles. The number of imidazole rings is 1. The zero-order valence-corrected chi connectivity index (χ0v) is 15.2. The lowest BCUT2D eigenvalue weighted by atomic mass is 10.1. The molecule has 0 aliphatic carbocycles. The van der Waals surface area contributed by atoms with Gasteiger partial charge in [0.25, 0.3) is 5.82 Å². The lowest BCUT2D eigenvalue weighted by molar-refractivity contribution is -0.144. The van der Waals surface area contributed by atoms with Crippen LogP contribution >= 0.6 is 0 Å². The second-order valence-corrected chi connectivity index (χ2v) is 5.82. The van der Waals surface area contributed by atoms with Crippen LogP contribution in [0, 0.1) is 5.82 Å². The van der Waals surface area contributed by atoms with Crippen molar-refractivity contribution in [3.05, 3.63) is 65.8 Å². The minimum atomic E-state index is -4.66. The average molecular weight is 408 g/mol.